The normalized spacial score (nSPS) is 11.1. The molecule has 6 heteroatoms. The van der Waals surface area contributed by atoms with Crippen LogP contribution < -0.4 is 16.0 Å². The van der Waals surface area contributed by atoms with Gasteiger partial charge in [0.2, 0.25) is 5.91 Å². The van der Waals surface area contributed by atoms with Crippen molar-refractivity contribution < 1.29 is 9.18 Å². The quantitative estimate of drug-likeness (QED) is 0.502. The van der Waals surface area contributed by atoms with E-state index < -0.39 is 0 Å². The summed E-state index contributed by atoms with van der Waals surface area (Å²) in [4.78, 5) is 16.0. The summed E-state index contributed by atoms with van der Waals surface area (Å²) in [5.41, 5.74) is 1.73. The predicted molar refractivity (Wildman–Crippen MR) is 102 cm³/mol. The van der Waals surface area contributed by atoms with E-state index in [0.29, 0.717) is 44.0 Å². The van der Waals surface area contributed by atoms with Crippen LogP contribution in [0.4, 0.5) is 4.39 Å². The van der Waals surface area contributed by atoms with Crippen molar-refractivity contribution in [3.63, 3.8) is 0 Å². The van der Waals surface area contributed by atoms with Gasteiger partial charge in [-0.1, -0.05) is 48.5 Å². The first kappa shape index (κ1) is 19.4. The number of carbonyl (C=O) groups excluding carboxylic acids is 1. The molecule has 0 saturated heterocycles. The summed E-state index contributed by atoms with van der Waals surface area (Å²) in [6.07, 6.45) is 0.909. The number of nitrogens with one attached hydrogen (secondary N) is 3. The average Bonchev–Trinajstić information content (AvgIpc) is 2.67. The van der Waals surface area contributed by atoms with Crippen molar-refractivity contribution in [3.8, 4) is 0 Å². The molecule has 2 rings (SSSR count). The minimum Gasteiger partial charge on any atom is -0.356 e. The van der Waals surface area contributed by atoms with E-state index in [0.717, 1.165) is 5.56 Å². The highest BCUT2D eigenvalue weighted by atomic mass is 19.1. The monoisotopic (exact) mass is 356 g/mol. The van der Waals surface area contributed by atoms with Crippen LogP contribution >= 0.6 is 0 Å². The summed E-state index contributed by atoms with van der Waals surface area (Å²) in [5, 5.41) is 9.08. The summed E-state index contributed by atoms with van der Waals surface area (Å²) < 4.78 is 13.6. The van der Waals surface area contributed by atoms with E-state index in [1.165, 1.54) is 6.07 Å². The molecule has 0 aliphatic carbocycles. The van der Waals surface area contributed by atoms with Crippen molar-refractivity contribution in [2.75, 3.05) is 20.1 Å². The number of aliphatic imine (C=N–C) groups is 1. The first-order valence-electron chi connectivity index (χ1n) is 8.67. The van der Waals surface area contributed by atoms with Gasteiger partial charge in [0.1, 0.15) is 5.82 Å². The van der Waals surface area contributed by atoms with Gasteiger partial charge in [0.25, 0.3) is 0 Å². The summed E-state index contributed by atoms with van der Waals surface area (Å²) >= 11 is 0. The molecule has 0 bridgehead atoms. The second-order valence-electron chi connectivity index (χ2n) is 5.78. The fraction of sp³-hybridized carbons (Fsp3) is 0.300. The molecule has 0 aliphatic rings. The van der Waals surface area contributed by atoms with Crippen molar-refractivity contribution in [1.29, 1.82) is 0 Å². The van der Waals surface area contributed by atoms with E-state index in [4.69, 9.17) is 0 Å². The lowest BCUT2D eigenvalue weighted by Crippen LogP contribution is -2.40. The molecule has 0 unspecified atom stereocenters. The van der Waals surface area contributed by atoms with Crippen LogP contribution in [0.3, 0.4) is 0 Å². The Morgan fingerprint density at radius 1 is 0.962 bits per heavy atom. The molecule has 0 saturated carbocycles. The zero-order valence-electron chi connectivity index (χ0n) is 15.0. The van der Waals surface area contributed by atoms with Crippen molar-refractivity contribution >= 4 is 11.9 Å². The van der Waals surface area contributed by atoms with E-state index in [-0.39, 0.29) is 11.7 Å². The fourth-order valence-electron chi connectivity index (χ4n) is 2.42. The van der Waals surface area contributed by atoms with Crippen molar-refractivity contribution in [2.24, 2.45) is 4.99 Å². The average molecular weight is 356 g/mol. The van der Waals surface area contributed by atoms with Crippen LogP contribution in [0.5, 0.6) is 0 Å². The van der Waals surface area contributed by atoms with Crippen LogP contribution in [0.25, 0.3) is 0 Å². The number of hydrogen-bond acceptors (Lipinski definition) is 2. The Hall–Kier alpha value is -2.89. The van der Waals surface area contributed by atoms with Crippen LogP contribution in [0.2, 0.25) is 0 Å². The second kappa shape index (κ2) is 10.9. The minimum absolute atomic E-state index is 0.0248. The molecule has 138 valence electrons. The molecule has 0 aromatic heterocycles. The highest BCUT2D eigenvalue weighted by Gasteiger charge is 2.04. The molecule has 0 heterocycles. The standard InChI is InChI=1S/C20H25FN4O/c1-22-20(23-13-11-17-9-5-6-10-18(17)21)24-14-12-19(26)25-15-16-7-3-2-4-8-16/h2-10H,11-15H2,1H3,(H,25,26)(H2,22,23,24). The second-order valence-corrected chi connectivity index (χ2v) is 5.78. The van der Waals surface area contributed by atoms with E-state index in [1.54, 1.807) is 19.2 Å². The first-order chi connectivity index (χ1) is 12.7. The number of guanidine groups is 1. The number of nitrogens with zero attached hydrogens (tertiary/aromatic N) is 1. The van der Waals surface area contributed by atoms with Gasteiger partial charge in [-0.25, -0.2) is 4.39 Å². The molecule has 5 nitrogen and oxygen atoms in total. The van der Waals surface area contributed by atoms with Gasteiger partial charge in [-0.15, -0.1) is 0 Å². The van der Waals surface area contributed by atoms with Crippen molar-refractivity contribution in [3.05, 3.63) is 71.5 Å². The zero-order chi connectivity index (χ0) is 18.6. The molecule has 0 fully saturated rings. The molecule has 2 aromatic rings. The molecular weight excluding hydrogens is 331 g/mol. The number of halogens is 1. The number of rotatable bonds is 8. The van der Waals surface area contributed by atoms with Crippen LogP contribution in [-0.4, -0.2) is 32.0 Å². The lowest BCUT2D eigenvalue weighted by Gasteiger charge is -2.12. The van der Waals surface area contributed by atoms with Gasteiger partial charge in [0.05, 0.1) is 0 Å². The Morgan fingerprint density at radius 3 is 2.38 bits per heavy atom. The smallest absolute Gasteiger partial charge is 0.222 e. The number of amides is 1. The van der Waals surface area contributed by atoms with Gasteiger partial charge in [-0.2, -0.15) is 0 Å². The molecule has 0 atom stereocenters. The van der Waals surface area contributed by atoms with E-state index in [2.05, 4.69) is 20.9 Å². The Morgan fingerprint density at radius 2 is 1.65 bits per heavy atom. The molecule has 0 aliphatic heterocycles. The highest BCUT2D eigenvalue weighted by molar-refractivity contribution is 5.81. The Labute approximate surface area is 153 Å². The Kier molecular flexibility index (Phi) is 8.12. The summed E-state index contributed by atoms with van der Waals surface area (Å²) in [7, 11) is 1.66. The van der Waals surface area contributed by atoms with E-state index in [1.807, 2.05) is 36.4 Å². The largest absolute Gasteiger partial charge is 0.356 e. The Bertz CT molecular complexity index is 719. The summed E-state index contributed by atoms with van der Waals surface area (Å²) in [6, 6.07) is 16.5. The fourth-order valence-corrected chi connectivity index (χ4v) is 2.42. The van der Waals surface area contributed by atoms with Gasteiger partial charge in [0.15, 0.2) is 5.96 Å². The molecular formula is C20H25FN4O. The lowest BCUT2D eigenvalue weighted by molar-refractivity contribution is -0.121. The number of hydrogen-bond donors (Lipinski definition) is 3. The number of benzene rings is 2. The van der Waals surface area contributed by atoms with Crippen molar-refractivity contribution in [1.82, 2.24) is 16.0 Å². The first-order valence-corrected chi connectivity index (χ1v) is 8.67. The van der Waals surface area contributed by atoms with Gasteiger partial charge < -0.3 is 16.0 Å². The van der Waals surface area contributed by atoms with Gasteiger partial charge in [-0.3, -0.25) is 9.79 Å². The van der Waals surface area contributed by atoms with Gasteiger partial charge >= 0.3 is 0 Å². The van der Waals surface area contributed by atoms with E-state index in [9.17, 15) is 9.18 Å². The van der Waals surface area contributed by atoms with Crippen LogP contribution in [0, 0.1) is 5.82 Å². The topological polar surface area (TPSA) is 65.5 Å². The van der Waals surface area contributed by atoms with Crippen LogP contribution in [0.1, 0.15) is 17.5 Å². The SMILES string of the molecule is CN=C(NCCC(=O)NCc1ccccc1)NCCc1ccccc1F. The van der Waals surface area contributed by atoms with Gasteiger partial charge in [-0.05, 0) is 23.6 Å². The molecule has 0 spiro atoms. The Balaban J connectivity index is 1.62. The third-order valence-electron chi connectivity index (χ3n) is 3.85. The molecule has 0 radical (unpaired) electrons. The van der Waals surface area contributed by atoms with E-state index >= 15 is 0 Å². The zero-order valence-corrected chi connectivity index (χ0v) is 15.0. The van der Waals surface area contributed by atoms with Crippen LogP contribution in [-0.2, 0) is 17.8 Å². The maximum atomic E-state index is 13.6. The van der Waals surface area contributed by atoms with Gasteiger partial charge in [0, 0.05) is 33.1 Å². The predicted octanol–water partition coefficient (Wildman–Crippen LogP) is 2.24. The molecule has 1 amide bonds. The minimum atomic E-state index is -0.202. The summed E-state index contributed by atoms with van der Waals surface area (Å²) in [5.74, 6) is 0.368. The molecule has 26 heavy (non-hydrogen) atoms. The highest BCUT2D eigenvalue weighted by Crippen LogP contribution is 2.06. The maximum Gasteiger partial charge on any atom is 0.222 e. The molecule has 3 N–H and O–H groups in total. The number of carbonyl (C=O) groups is 1. The van der Waals surface area contributed by atoms with Crippen molar-refractivity contribution in [2.45, 2.75) is 19.4 Å². The summed E-state index contributed by atoms with van der Waals surface area (Å²) in [6.45, 7) is 1.55. The maximum absolute atomic E-state index is 13.6. The molecule has 2 aromatic carbocycles. The third kappa shape index (κ3) is 6.93. The van der Waals surface area contributed by atoms with Crippen LogP contribution in [0.15, 0.2) is 59.6 Å². The lowest BCUT2D eigenvalue weighted by atomic mass is 10.1. The third-order valence-corrected chi connectivity index (χ3v) is 3.85.